The van der Waals surface area contributed by atoms with E-state index >= 15 is 0 Å². The first-order chi connectivity index (χ1) is 9.81. The lowest BCUT2D eigenvalue weighted by atomic mass is 10.2. The zero-order valence-electron chi connectivity index (χ0n) is 12.4. The van der Waals surface area contributed by atoms with Crippen LogP contribution in [-0.4, -0.2) is 24.6 Å². The van der Waals surface area contributed by atoms with Crippen molar-refractivity contribution < 1.29 is 13.5 Å². The van der Waals surface area contributed by atoms with Crippen molar-refractivity contribution >= 4 is 10.0 Å². The van der Waals surface area contributed by atoms with Gasteiger partial charge in [-0.3, -0.25) is 0 Å². The summed E-state index contributed by atoms with van der Waals surface area (Å²) >= 11 is 0. The zero-order valence-corrected chi connectivity index (χ0v) is 13.2. The van der Waals surface area contributed by atoms with Crippen molar-refractivity contribution in [2.75, 3.05) is 6.54 Å². The van der Waals surface area contributed by atoms with Crippen LogP contribution in [0.1, 0.15) is 22.9 Å². The second kappa shape index (κ2) is 6.01. The molecule has 1 atom stereocenters. The van der Waals surface area contributed by atoms with E-state index in [1.54, 1.807) is 49.0 Å². The quantitative estimate of drug-likeness (QED) is 0.882. The Morgan fingerprint density at radius 3 is 2.57 bits per heavy atom. The number of aromatic nitrogens is 1. The van der Waals surface area contributed by atoms with Gasteiger partial charge in [0.05, 0.1) is 4.90 Å². The minimum atomic E-state index is -3.63. The molecule has 0 bridgehead atoms. The Kier molecular flexibility index (Phi) is 4.51. The van der Waals surface area contributed by atoms with Crippen LogP contribution in [0.25, 0.3) is 0 Å². The third kappa shape index (κ3) is 3.53. The fourth-order valence-electron chi connectivity index (χ4n) is 2.29. The molecule has 0 saturated carbocycles. The zero-order chi connectivity index (χ0) is 15.6. The van der Waals surface area contributed by atoms with E-state index in [-0.39, 0.29) is 11.4 Å². The lowest BCUT2D eigenvalue weighted by molar-refractivity contribution is 0.173. The van der Waals surface area contributed by atoms with Gasteiger partial charge in [0, 0.05) is 25.5 Å². The maximum Gasteiger partial charge on any atom is 0.240 e. The van der Waals surface area contributed by atoms with Crippen LogP contribution in [0.3, 0.4) is 0 Å². The first-order valence-electron chi connectivity index (χ1n) is 6.67. The van der Waals surface area contributed by atoms with Crippen LogP contribution in [0, 0.1) is 13.8 Å². The summed E-state index contributed by atoms with van der Waals surface area (Å²) in [6, 6.07) is 8.73. The fourth-order valence-corrected chi connectivity index (χ4v) is 3.56. The minimum Gasteiger partial charge on any atom is -0.386 e. The highest BCUT2D eigenvalue weighted by molar-refractivity contribution is 7.89. The summed E-state index contributed by atoms with van der Waals surface area (Å²) < 4.78 is 28.8. The maximum absolute atomic E-state index is 12.3. The fraction of sp³-hybridized carbons (Fsp3) is 0.333. The molecule has 1 aromatic carbocycles. The van der Waals surface area contributed by atoms with Crippen LogP contribution >= 0.6 is 0 Å². The highest BCUT2D eigenvalue weighted by atomic mass is 32.2. The number of hydrogen-bond acceptors (Lipinski definition) is 3. The molecule has 0 fully saturated rings. The monoisotopic (exact) mass is 308 g/mol. The topological polar surface area (TPSA) is 71.3 Å². The van der Waals surface area contributed by atoms with Gasteiger partial charge in [-0.15, -0.1) is 0 Å². The van der Waals surface area contributed by atoms with Gasteiger partial charge in [0.2, 0.25) is 10.0 Å². The van der Waals surface area contributed by atoms with Gasteiger partial charge in [-0.05, 0) is 37.6 Å². The Morgan fingerprint density at radius 1 is 1.29 bits per heavy atom. The van der Waals surface area contributed by atoms with E-state index in [0.29, 0.717) is 11.3 Å². The van der Waals surface area contributed by atoms with Crippen LogP contribution in [-0.2, 0) is 17.1 Å². The summed E-state index contributed by atoms with van der Waals surface area (Å²) in [4.78, 5) is 0.243. The SMILES string of the molecule is Cc1ccc(S(=O)(=O)NCC(O)c2cccn2C)c(C)c1. The van der Waals surface area contributed by atoms with E-state index in [4.69, 9.17) is 0 Å². The summed E-state index contributed by atoms with van der Waals surface area (Å²) in [5.41, 5.74) is 2.37. The molecular formula is C15H20N2O3S. The molecule has 5 nitrogen and oxygen atoms in total. The smallest absolute Gasteiger partial charge is 0.240 e. The average molecular weight is 308 g/mol. The molecule has 2 aromatic rings. The van der Waals surface area contributed by atoms with Crippen molar-refractivity contribution in [3.05, 3.63) is 53.3 Å². The van der Waals surface area contributed by atoms with Crippen LogP contribution in [0.2, 0.25) is 0 Å². The first-order valence-corrected chi connectivity index (χ1v) is 8.16. The molecule has 0 aliphatic carbocycles. The summed E-state index contributed by atoms with van der Waals surface area (Å²) in [6.07, 6.45) is 0.919. The molecule has 0 spiro atoms. The third-order valence-corrected chi connectivity index (χ3v) is 5.00. The lowest BCUT2D eigenvalue weighted by Gasteiger charge is -2.14. The Hall–Kier alpha value is -1.63. The highest BCUT2D eigenvalue weighted by Gasteiger charge is 2.19. The number of aryl methyl sites for hydroxylation is 3. The Labute approximate surface area is 125 Å². The van der Waals surface area contributed by atoms with Crippen molar-refractivity contribution in [2.45, 2.75) is 24.8 Å². The summed E-state index contributed by atoms with van der Waals surface area (Å²) in [5.74, 6) is 0. The van der Waals surface area contributed by atoms with E-state index in [1.807, 2.05) is 13.0 Å². The highest BCUT2D eigenvalue weighted by Crippen LogP contribution is 2.17. The van der Waals surface area contributed by atoms with Crippen molar-refractivity contribution in [3.8, 4) is 0 Å². The summed E-state index contributed by atoms with van der Waals surface area (Å²) in [6.45, 7) is 3.61. The first kappa shape index (κ1) is 15.8. The number of hydrogen-bond donors (Lipinski definition) is 2. The minimum absolute atomic E-state index is 0.0620. The van der Waals surface area contributed by atoms with Gasteiger partial charge in [-0.1, -0.05) is 17.7 Å². The number of benzene rings is 1. The van der Waals surface area contributed by atoms with Gasteiger partial charge >= 0.3 is 0 Å². The van der Waals surface area contributed by atoms with Gasteiger partial charge < -0.3 is 9.67 Å². The van der Waals surface area contributed by atoms with Crippen molar-refractivity contribution in [1.82, 2.24) is 9.29 Å². The Bertz CT molecular complexity index is 735. The number of sulfonamides is 1. The summed E-state index contributed by atoms with van der Waals surface area (Å²) in [7, 11) is -1.82. The maximum atomic E-state index is 12.3. The Morgan fingerprint density at radius 2 is 2.00 bits per heavy atom. The number of aliphatic hydroxyl groups is 1. The largest absolute Gasteiger partial charge is 0.386 e. The molecule has 114 valence electrons. The normalized spacial score (nSPS) is 13.3. The van der Waals surface area contributed by atoms with Crippen molar-refractivity contribution in [1.29, 1.82) is 0 Å². The Balaban J connectivity index is 2.13. The second-order valence-corrected chi connectivity index (χ2v) is 6.92. The van der Waals surface area contributed by atoms with Gasteiger partial charge in [-0.2, -0.15) is 0 Å². The van der Waals surface area contributed by atoms with Gasteiger partial charge in [-0.25, -0.2) is 13.1 Å². The molecule has 21 heavy (non-hydrogen) atoms. The van der Waals surface area contributed by atoms with E-state index < -0.39 is 16.1 Å². The standard InChI is InChI=1S/C15H20N2O3S/c1-11-6-7-15(12(2)9-11)21(19,20)16-10-14(18)13-5-4-8-17(13)3/h4-9,14,16,18H,10H2,1-3H3. The molecular weight excluding hydrogens is 288 g/mol. The predicted molar refractivity (Wildman–Crippen MR) is 81.5 cm³/mol. The number of nitrogens with zero attached hydrogens (tertiary/aromatic N) is 1. The van der Waals surface area contributed by atoms with E-state index in [9.17, 15) is 13.5 Å². The molecule has 0 aliphatic rings. The predicted octanol–water partition coefficient (Wildman–Crippen LogP) is 1.65. The van der Waals surface area contributed by atoms with Crippen molar-refractivity contribution in [2.24, 2.45) is 7.05 Å². The molecule has 1 heterocycles. The van der Waals surface area contributed by atoms with E-state index in [0.717, 1.165) is 5.56 Å². The van der Waals surface area contributed by atoms with Crippen LogP contribution in [0.15, 0.2) is 41.4 Å². The molecule has 0 aliphatic heterocycles. The molecule has 6 heteroatoms. The third-order valence-electron chi connectivity index (χ3n) is 3.41. The molecule has 2 N–H and O–H groups in total. The molecule has 0 saturated heterocycles. The van der Waals surface area contributed by atoms with Gasteiger partial charge in [0.25, 0.3) is 0 Å². The van der Waals surface area contributed by atoms with E-state index in [2.05, 4.69) is 4.72 Å². The molecule has 0 radical (unpaired) electrons. The number of aliphatic hydroxyl groups excluding tert-OH is 1. The van der Waals surface area contributed by atoms with Gasteiger partial charge in [0.1, 0.15) is 6.10 Å². The number of rotatable bonds is 5. The summed E-state index contributed by atoms with van der Waals surface area (Å²) in [5, 5.41) is 10.1. The van der Waals surface area contributed by atoms with Crippen LogP contribution in [0.4, 0.5) is 0 Å². The second-order valence-electron chi connectivity index (χ2n) is 5.18. The van der Waals surface area contributed by atoms with Crippen molar-refractivity contribution in [3.63, 3.8) is 0 Å². The van der Waals surface area contributed by atoms with E-state index in [1.165, 1.54) is 0 Å². The van der Waals surface area contributed by atoms with Crippen LogP contribution in [0.5, 0.6) is 0 Å². The number of nitrogens with one attached hydrogen (secondary N) is 1. The molecule has 0 amide bonds. The van der Waals surface area contributed by atoms with Crippen LogP contribution < -0.4 is 4.72 Å². The molecule has 1 aromatic heterocycles. The molecule has 1 unspecified atom stereocenters. The molecule has 2 rings (SSSR count). The average Bonchev–Trinajstić information content (AvgIpc) is 2.82. The lowest BCUT2D eigenvalue weighted by Crippen LogP contribution is -2.29. The van der Waals surface area contributed by atoms with Gasteiger partial charge in [0.15, 0.2) is 0 Å².